The lowest BCUT2D eigenvalue weighted by Crippen LogP contribution is -1.84. The van der Waals surface area contributed by atoms with Crippen molar-refractivity contribution < 1.29 is 4.42 Å². The van der Waals surface area contributed by atoms with Crippen LogP contribution in [0.4, 0.5) is 0 Å². The fraction of sp³-hybridized carbons (Fsp3) is 0.231. The van der Waals surface area contributed by atoms with Crippen LogP contribution in [0.2, 0.25) is 0 Å². The van der Waals surface area contributed by atoms with E-state index >= 15 is 0 Å². The van der Waals surface area contributed by atoms with Crippen molar-refractivity contribution in [2.45, 2.75) is 19.8 Å². The molecule has 0 saturated heterocycles. The molecule has 0 aliphatic heterocycles. The Morgan fingerprint density at radius 1 is 1.31 bits per heavy atom. The summed E-state index contributed by atoms with van der Waals surface area (Å²) in [4.78, 5) is 4.19. The molecule has 0 aliphatic rings. The normalized spacial score (nSPS) is 10.4. The summed E-state index contributed by atoms with van der Waals surface area (Å²) < 4.78 is 5.61. The van der Waals surface area contributed by atoms with E-state index in [1.54, 1.807) is 12.3 Å². The maximum absolute atomic E-state index is 8.98. The molecule has 2 aromatic rings. The molecule has 0 bridgehead atoms. The van der Waals surface area contributed by atoms with E-state index in [2.05, 4.69) is 11.1 Å². The summed E-state index contributed by atoms with van der Waals surface area (Å²) in [6.07, 6.45) is 1.67. The first kappa shape index (κ1) is 10.4. The molecule has 0 fully saturated rings. The molecule has 2 rings (SSSR count). The Hall–Kier alpha value is -2.08. The minimum atomic E-state index is 0.253. The van der Waals surface area contributed by atoms with Crippen LogP contribution in [0.15, 0.2) is 34.9 Å². The molecule has 1 aromatic heterocycles. The molecule has 0 spiro atoms. The van der Waals surface area contributed by atoms with Crippen LogP contribution in [0.3, 0.4) is 0 Å². The average Bonchev–Trinajstić information content (AvgIpc) is 2.78. The van der Waals surface area contributed by atoms with Gasteiger partial charge >= 0.3 is 0 Å². The van der Waals surface area contributed by atoms with Gasteiger partial charge in [-0.3, -0.25) is 0 Å². The zero-order chi connectivity index (χ0) is 11.5. The summed E-state index contributed by atoms with van der Waals surface area (Å²) in [7, 11) is 0. The second-order valence-corrected chi connectivity index (χ2v) is 3.87. The van der Waals surface area contributed by atoms with E-state index in [1.807, 2.05) is 32.0 Å². The summed E-state index contributed by atoms with van der Waals surface area (Å²) in [5.74, 6) is 1.60. The van der Waals surface area contributed by atoms with E-state index in [-0.39, 0.29) is 5.92 Å². The summed E-state index contributed by atoms with van der Waals surface area (Å²) in [5, 5.41) is 8.98. The van der Waals surface area contributed by atoms with Gasteiger partial charge in [0.05, 0.1) is 17.8 Å². The molecule has 1 heterocycles. The van der Waals surface area contributed by atoms with Crippen LogP contribution in [0.5, 0.6) is 0 Å². The van der Waals surface area contributed by atoms with Crippen molar-refractivity contribution in [2.75, 3.05) is 0 Å². The van der Waals surface area contributed by atoms with Crippen molar-refractivity contribution >= 4 is 0 Å². The first-order chi connectivity index (χ1) is 7.72. The summed E-state index contributed by atoms with van der Waals surface area (Å²) >= 11 is 0. The number of benzene rings is 1. The van der Waals surface area contributed by atoms with E-state index in [4.69, 9.17) is 9.68 Å². The number of nitriles is 1. The van der Waals surface area contributed by atoms with E-state index in [1.165, 1.54) is 0 Å². The molecule has 0 unspecified atom stereocenters. The molecule has 0 radical (unpaired) electrons. The maximum Gasteiger partial charge on any atom is 0.197 e. The quantitative estimate of drug-likeness (QED) is 0.767. The second kappa shape index (κ2) is 4.19. The summed E-state index contributed by atoms with van der Waals surface area (Å²) in [5.41, 5.74) is 1.40. The van der Waals surface area contributed by atoms with Crippen LogP contribution in [-0.4, -0.2) is 4.98 Å². The number of hydrogen-bond acceptors (Lipinski definition) is 3. The number of nitrogens with zero attached hydrogens (tertiary/aromatic N) is 2. The fourth-order valence-electron chi connectivity index (χ4n) is 1.47. The van der Waals surface area contributed by atoms with E-state index < -0.39 is 0 Å². The van der Waals surface area contributed by atoms with Gasteiger partial charge in [-0.25, -0.2) is 4.98 Å². The van der Waals surface area contributed by atoms with Crippen molar-refractivity contribution in [3.8, 4) is 17.4 Å². The van der Waals surface area contributed by atoms with E-state index in [9.17, 15) is 0 Å². The highest BCUT2D eigenvalue weighted by Gasteiger charge is 2.11. The lowest BCUT2D eigenvalue weighted by atomic mass is 10.1. The van der Waals surface area contributed by atoms with Crippen LogP contribution in [0, 0.1) is 11.3 Å². The van der Waals surface area contributed by atoms with Gasteiger partial charge in [-0.1, -0.05) is 26.0 Å². The van der Waals surface area contributed by atoms with Crippen molar-refractivity contribution in [1.82, 2.24) is 4.98 Å². The monoisotopic (exact) mass is 212 g/mol. The molecule has 3 heteroatoms. The highest BCUT2D eigenvalue weighted by Crippen LogP contribution is 2.26. The van der Waals surface area contributed by atoms with Crippen LogP contribution in [0.1, 0.15) is 31.2 Å². The highest BCUT2D eigenvalue weighted by atomic mass is 16.4. The Kier molecular flexibility index (Phi) is 2.74. The largest absolute Gasteiger partial charge is 0.440 e. The molecular weight excluding hydrogens is 200 g/mol. The van der Waals surface area contributed by atoms with Gasteiger partial charge in [-0.2, -0.15) is 5.26 Å². The molecule has 0 atom stereocenters. The predicted octanol–water partition coefficient (Wildman–Crippen LogP) is 3.34. The zero-order valence-corrected chi connectivity index (χ0v) is 9.27. The molecule has 0 saturated carbocycles. The Bertz CT molecular complexity index is 535. The van der Waals surface area contributed by atoms with Gasteiger partial charge in [-0.15, -0.1) is 0 Å². The number of aromatic nitrogens is 1. The van der Waals surface area contributed by atoms with E-state index in [0.717, 1.165) is 5.56 Å². The predicted molar refractivity (Wildman–Crippen MR) is 60.7 cm³/mol. The van der Waals surface area contributed by atoms with Crippen molar-refractivity contribution in [3.05, 3.63) is 41.9 Å². The molecule has 0 aliphatic carbocycles. The molecule has 1 aromatic carbocycles. The van der Waals surface area contributed by atoms with Crippen LogP contribution >= 0.6 is 0 Å². The SMILES string of the molecule is CC(C)c1ncc(-c2ccccc2C#N)o1. The number of oxazole rings is 1. The van der Waals surface area contributed by atoms with Crippen molar-refractivity contribution in [3.63, 3.8) is 0 Å². The molecule has 80 valence electrons. The summed E-state index contributed by atoms with van der Waals surface area (Å²) in [6.45, 7) is 4.04. The average molecular weight is 212 g/mol. The molecule has 0 amide bonds. The van der Waals surface area contributed by atoms with Gasteiger partial charge in [0.1, 0.15) is 0 Å². The standard InChI is InChI=1S/C13H12N2O/c1-9(2)13-15-8-12(16-13)11-6-4-3-5-10(11)7-14/h3-6,8-9H,1-2H3. The Balaban J connectivity index is 2.47. The van der Waals surface area contributed by atoms with Crippen molar-refractivity contribution in [2.24, 2.45) is 0 Å². The van der Waals surface area contributed by atoms with Gasteiger partial charge in [0, 0.05) is 11.5 Å². The zero-order valence-electron chi connectivity index (χ0n) is 9.27. The Morgan fingerprint density at radius 3 is 2.69 bits per heavy atom. The van der Waals surface area contributed by atoms with E-state index in [0.29, 0.717) is 17.2 Å². The Morgan fingerprint density at radius 2 is 2.06 bits per heavy atom. The van der Waals surface area contributed by atoms with Gasteiger partial charge in [0.25, 0.3) is 0 Å². The third-order valence-corrected chi connectivity index (χ3v) is 2.33. The molecular formula is C13H12N2O. The second-order valence-electron chi connectivity index (χ2n) is 3.87. The van der Waals surface area contributed by atoms with Gasteiger partial charge in [0.15, 0.2) is 11.7 Å². The van der Waals surface area contributed by atoms with Gasteiger partial charge < -0.3 is 4.42 Å². The number of hydrogen-bond donors (Lipinski definition) is 0. The van der Waals surface area contributed by atoms with Crippen molar-refractivity contribution in [1.29, 1.82) is 5.26 Å². The third kappa shape index (κ3) is 1.82. The molecule has 0 N–H and O–H groups in total. The summed E-state index contributed by atoms with van der Waals surface area (Å²) in [6, 6.07) is 9.50. The first-order valence-corrected chi connectivity index (χ1v) is 5.17. The maximum atomic E-state index is 8.98. The van der Waals surface area contributed by atoms with Crippen LogP contribution < -0.4 is 0 Å². The minimum Gasteiger partial charge on any atom is -0.440 e. The van der Waals surface area contributed by atoms with Crippen LogP contribution in [-0.2, 0) is 0 Å². The number of rotatable bonds is 2. The lowest BCUT2D eigenvalue weighted by molar-refractivity contribution is 0.481. The van der Waals surface area contributed by atoms with Crippen LogP contribution in [0.25, 0.3) is 11.3 Å². The smallest absolute Gasteiger partial charge is 0.197 e. The minimum absolute atomic E-state index is 0.253. The Labute approximate surface area is 94.4 Å². The lowest BCUT2D eigenvalue weighted by Gasteiger charge is -1.99. The van der Waals surface area contributed by atoms with Gasteiger partial charge in [0.2, 0.25) is 0 Å². The van der Waals surface area contributed by atoms with Gasteiger partial charge in [-0.05, 0) is 12.1 Å². The fourth-order valence-corrected chi connectivity index (χ4v) is 1.47. The highest BCUT2D eigenvalue weighted by molar-refractivity contribution is 5.65. The third-order valence-electron chi connectivity index (χ3n) is 2.33. The topological polar surface area (TPSA) is 49.8 Å². The molecule has 3 nitrogen and oxygen atoms in total. The molecule has 16 heavy (non-hydrogen) atoms. The first-order valence-electron chi connectivity index (χ1n) is 5.17.